The van der Waals surface area contributed by atoms with Crippen molar-refractivity contribution in [3.63, 3.8) is 0 Å². The Labute approximate surface area is 84.6 Å². The molecule has 0 radical (unpaired) electrons. The average molecular weight is 233 g/mol. The zero-order valence-corrected chi connectivity index (χ0v) is 8.45. The molecule has 0 rings (SSSR count). The van der Waals surface area contributed by atoms with Crippen molar-refractivity contribution in [3.8, 4) is 0 Å². The molecule has 3 nitrogen and oxygen atoms in total. The van der Waals surface area contributed by atoms with Gasteiger partial charge in [-0.05, 0) is 6.92 Å². The molecule has 0 amide bonds. The third kappa shape index (κ3) is 4.14. The first-order valence-electron chi connectivity index (χ1n) is 3.04. The molecule has 1 unspecified atom stereocenters. The number of ketones is 1. The molecule has 0 aromatic carbocycles. The maximum Gasteiger partial charge on any atom is 0.304 e. The number of hydrogen-bond donors (Lipinski definition) is 1. The number of carbonyl (C=O) groups is 2. The average Bonchev–Trinajstić information content (AvgIpc) is 1.79. The van der Waals surface area contributed by atoms with Gasteiger partial charge in [0.2, 0.25) is 3.79 Å². The van der Waals surface area contributed by atoms with Gasteiger partial charge >= 0.3 is 5.97 Å². The van der Waals surface area contributed by atoms with Gasteiger partial charge in [-0.3, -0.25) is 9.59 Å². The Morgan fingerprint density at radius 2 is 1.83 bits per heavy atom. The second kappa shape index (κ2) is 4.30. The Balaban J connectivity index is 4.46. The summed E-state index contributed by atoms with van der Waals surface area (Å²) in [5.74, 6) is -2.70. The minimum atomic E-state index is -1.84. The number of alkyl halides is 3. The second-order valence-corrected chi connectivity index (χ2v) is 4.67. The van der Waals surface area contributed by atoms with E-state index in [1.807, 2.05) is 0 Å². The van der Waals surface area contributed by atoms with E-state index in [-0.39, 0.29) is 0 Å². The number of rotatable bonds is 3. The molecule has 0 aromatic heterocycles. The summed E-state index contributed by atoms with van der Waals surface area (Å²) in [5.41, 5.74) is 0. The number of carboxylic acid groups (broad SMARTS) is 1. The van der Waals surface area contributed by atoms with E-state index >= 15 is 0 Å². The molecular formula is C6H7Cl3O3. The summed E-state index contributed by atoms with van der Waals surface area (Å²) in [5, 5.41) is 8.37. The molecule has 0 aromatic rings. The largest absolute Gasteiger partial charge is 0.481 e. The van der Waals surface area contributed by atoms with Crippen molar-refractivity contribution in [1.29, 1.82) is 0 Å². The Morgan fingerprint density at radius 1 is 1.42 bits per heavy atom. The quantitative estimate of drug-likeness (QED) is 0.759. The van der Waals surface area contributed by atoms with E-state index in [1.54, 1.807) is 0 Å². The van der Waals surface area contributed by atoms with Gasteiger partial charge < -0.3 is 5.11 Å². The monoisotopic (exact) mass is 232 g/mol. The molecule has 0 aliphatic rings. The summed E-state index contributed by atoms with van der Waals surface area (Å²) in [6.07, 6.45) is -0.466. The number of carbonyl (C=O) groups excluding carboxylic acids is 1. The van der Waals surface area contributed by atoms with Crippen LogP contribution in [0.4, 0.5) is 0 Å². The molecule has 0 aliphatic carbocycles. The van der Waals surface area contributed by atoms with Gasteiger partial charge in [0.1, 0.15) is 5.78 Å². The molecule has 0 aliphatic heterocycles. The van der Waals surface area contributed by atoms with Gasteiger partial charge in [-0.2, -0.15) is 0 Å². The summed E-state index contributed by atoms with van der Waals surface area (Å²) in [4.78, 5) is 21.0. The predicted octanol–water partition coefficient (Wildman–Crippen LogP) is 2.04. The van der Waals surface area contributed by atoms with Gasteiger partial charge in [0.05, 0.1) is 12.3 Å². The number of Topliss-reactive ketones (excluding diaryl/α,β-unsaturated/α-hetero) is 1. The predicted molar refractivity (Wildman–Crippen MR) is 46.7 cm³/mol. The lowest BCUT2D eigenvalue weighted by Gasteiger charge is -2.19. The Kier molecular flexibility index (Phi) is 4.31. The molecular weight excluding hydrogens is 226 g/mol. The highest BCUT2D eigenvalue weighted by molar-refractivity contribution is 6.68. The zero-order chi connectivity index (χ0) is 9.94. The van der Waals surface area contributed by atoms with Crippen LogP contribution in [-0.2, 0) is 9.59 Å². The molecule has 1 N–H and O–H groups in total. The number of carboxylic acids is 1. The molecule has 0 saturated carbocycles. The number of hydrogen-bond acceptors (Lipinski definition) is 2. The Hall–Kier alpha value is 0.01000. The van der Waals surface area contributed by atoms with E-state index in [9.17, 15) is 9.59 Å². The van der Waals surface area contributed by atoms with Crippen LogP contribution in [0.3, 0.4) is 0 Å². The topological polar surface area (TPSA) is 54.4 Å². The van der Waals surface area contributed by atoms with Crippen LogP contribution in [0.25, 0.3) is 0 Å². The third-order valence-corrected chi connectivity index (χ3v) is 2.05. The molecule has 6 heteroatoms. The van der Waals surface area contributed by atoms with Crippen LogP contribution in [0.2, 0.25) is 0 Å². The molecule has 0 saturated heterocycles. The minimum absolute atomic E-state index is 0.447. The fourth-order valence-electron chi connectivity index (χ4n) is 0.665. The fourth-order valence-corrected chi connectivity index (χ4v) is 1.36. The lowest BCUT2D eigenvalue weighted by Crippen LogP contribution is -2.28. The van der Waals surface area contributed by atoms with Crippen LogP contribution in [0, 0.1) is 5.92 Å². The minimum Gasteiger partial charge on any atom is -0.481 e. The van der Waals surface area contributed by atoms with Crippen LogP contribution >= 0.6 is 34.8 Å². The molecule has 1 atom stereocenters. The van der Waals surface area contributed by atoms with E-state index in [0.717, 1.165) is 0 Å². The van der Waals surface area contributed by atoms with E-state index in [4.69, 9.17) is 39.9 Å². The van der Waals surface area contributed by atoms with Crippen molar-refractivity contribution >= 4 is 46.6 Å². The van der Waals surface area contributed by atoms with E-state index in [2.05, 4.69) is 0 Å². The Morgan fingerprint density at radius 3 is 1.92 bits per heavy atom. The van der Waals surface area contributed by atoms with Gasteiger partial charge in [0.25, 0.3) is 0 Å². The van der Waals surface area contributed by atoms with E-state index < -0.39 is 27.9 Å². The molecule has 0 fully saturated rings. The first-order valence-corrected chi connectivity index (χ1v) is 4.17. The van der Waals surface area contributed by atoms with Gasteiger partial charge in [0.15, 0.2) is 0 Å². The van der Waals surface area contributed by atoms with Crippen LogP contribution in [-0.4, -0.2) is 20.7 Å². The van der Waals surface area contributed by atoms with E-state index in [1.165, 1.54) is 6.92 Å². The summed E-state index contributed by atoms with van der Waals surface area (Å²) >= 11 is 16.2. The first kappa shape index (κ1) is 12.0. The van der Waals surface area contributed by atoms with E-state index in [0.29, 0.717) is 0 Å². The summed E-state index contributed by atoms with van der Waals surface area (Å²) in [6, 6.07) is 0. The lowest BCUT2D eigenvalue weighted by atomic mass is 10.0. The van der Waals surface area contributed by atoms with Gasteiger partial charge in [-0.15, -0.1) is 0 Å². The van der Waals surface area contributed by atoms with Crippen molar-refractivity contribution in [2.45, 2.75) is 17.1 Å². The molecule has 0 spiro atoms. The van der Waals surface area contributed by atoms with Crippen molar-refractivity contribution in [3.05, 3.63) is 0 Å². The first-order chi connectivity index (χ1) is 5.25. The SMILES string of the molecule is CC(=O)C(CC(=O)O)C(Cl)(Cl)Cl. The number of halogens is 3. The van der Waals surface area contributed by atoms with Crippen molar-refractivity contribution < 1.29 is 14.7 Å². The molecule has 70 valence electrons. The highest BCUT2D eigenvalue weighted by Crippen LogP contribution is 2.37. The normalized spacial score (nSPS) is 14.0. The standard InChI is InChI=1S/C6H7Cl3O3/c1-3(10)4(2-5(11)12)6(7,8)9/h4H,2H2,1H3,(H,11,12). The highest BCUT2D eigenvalue weighted by atomic mass is 35.6. The fraction of sp³-hybridized carbons (Fsp3) is 0.667. The summed E-state index contributed by atoms with van der Waals surface area (Å²) < 4.78 is -1.84. The lowest BCUT2D eigenvalue weighted by molar-refractivity contribution is -0.140. The smallest absolute Gasteiger partial charge is 0.304 e. The van der Waals surface area contributed by atoms with Crippen LogP contribution in [0.1, 0.15) is 13.3 Å². The van der Waals surface area contributed by atoms with Crippen LogP contribution < -0.4 is 0 Å². The molecule has 0 bridgehead atoms. The summed E-state index contributed by atoms with van der Waals surface area (Å²) in [6.45, 7) is 1.19. The zero-order valence-electron chi connectivity index (χ0n) is 6.18. The van der Waals surface area contributed by atoms with Crippen LogP contribution in [0.15, 0.2) is 0 Å². The summed E-state index contributed by atoms with van der Waals surface area (Å²) in [7, 11) is 0. The van der Waals surface area contributed by atoms with Gasteiger partial charge in [-0.1, -0.05) is 34.8 Å². The Bertz CT molecular complexity index is 197. The maximum atomic E-state index is 10.8. The van der Waals surface area contributed by atoms with Crippen molar-refractivity contribution in [2.24, 2.45) is 5.92 Å². The van der Waals surface area contributed by atoms with Crippen molar-refractivity contribution in [1.82, 2.24) is 0 Å². The molecule has 0 heterocycles. The van der Waals surface area contributed by atoms with Crippen molar-refractivity contribution in [2.75, 3.05) is 0 Å². The van der Waals surface area contributed by atoms with Crippen LogP contribution in [0.5, 0.6) is 0 Å². The van der Waals surface area contributed by atoms with Gasteiger partial charge in [0, 0.05) is 0 Å². The third-order valence-electron chi connectivity index (χ3n) is 1.26. The second-order valence-electron chi connectivity index (χ2n) is 2.30. The number of aliphatic carboxylic acids is 1. The van der Waals surface area contributed by atoms with Gasteiger partial charge in [-0.25, -0.2) is 0 Å². The molecule has 12 heavy (non-hydrogen) atoms. The maximum absolute atomic E-state index is 10.8. The highest BCUT2D eigenvalue weighted by Gasteiger charge is 2.37.